The lowest BCUT2D eigenvalue weighted by atomic mass is 10.0. The summed E-state index contributed by atoms with van der Waals surface area (Å²) >= 11 is 1.87. The second-order valence-electron chi connectivity index (χ2n) is 6.11. The topological polar surface area (TPSA) is 55.0 Å². The Morgan fingerprint density at radius 1 is 1.33 bits per heavy atom. The van der Waals surface area contributed by atoms with Gasteiger partial charge < -0.3 is 10.6 Å². The average molecular weight is 300 g/mol. The number of aromatic nitrogens is 2. The molecule has 2 aliphatic rings. The molecule has 2 aromatic rings. The van der Waals surface area contributed by atoms with Gasteiger partial charge in [0.2, 0.25) is 0 Å². The highest BCUT2D eigenvalue weighted by atomic mass is 32.1. The smallest absolute Gasteiger partial charge is 0.137 e. The maximum absolute atomic E-state index is 6.14. The zero-order chi connectivity index (χ0) is 14.6. The molecule has 4 rings (SSSR count). The molecule has 2 N–H and O–H groups in total. The van der Waals surface area contributed by atoms with Crippen molar-refractivity contribution in [1.82, 2.24) is 9.97 Å². The molecule has 5 heteroatoms. The number of nitrogens with two attached hydrogens (primary N) is 1. The molecule has 0 aromatic carbocycles. The second-order valence-corrected chi connectivity index (χ2v) is 7.11. The predicted molar refractivity (Wildman–Crippen MR) is 86.9 cm³/mol. The molecule has 2 aromatic heterocycles. The minimum absolute atomic E-state index is 0.361. The first-order valence-electron chi connectivity index (χ1n) is 7.62. The summed E-state index contributed by atoms with van der Waals surface area (Å²) in [5, 5.41) is 2.20. The van der Waals surface area contributed by atoms with E-state index in [0.717, 1.165) is 30.2 Å². The molecule has 1 saturated carbocycles. The molecule has 3 heterocycles. The van der Waals surface area contributed by atoms with Crippen molar-refractivity contribution in [1.29, 1.82) is 0 Å². The van der Waals surface area contributed by atoms with Crippen LogP contribution in [0, 0.1) is 6.92 Å². The third kappa shape index (κ3) is 2.11. The Morgan fingerprint density at radius 2 is 2.14 bits per heavy atom. The first kappa shape index (κ1) is 13.1. The molecule has 0 saturated heterocycles. The highest BCUT2D eigenvalue weighted by Crippen LogP contribution is 2.41. The first-order chi connectivity index (χ1) is 10.1. The minimum Gasteiger partial charge on any atom is -0.383 e. The van der Waals surface area contributed by atoms with Gasteiger partial charge in [0.05, 0.1) is 6.04 Å². The van der Waals surface area contributed by atoms with Gasteiger partial charge in [-0.3, -0.25) is 0 Å². The van der Waals surface area contributed by atoms with E-state index in [1.54, 1.807) is 0 Å². The van der Waals surface area contributed by atoms with E-state index in [1.165, 1.54) is 23.3 Å². The van der Waals surface area contributed by atoms with Crippen molar-refractivity contribution < 1.29 is 0 Å². The zero-order valence-corrected chi connectivity index (χ0v) is 13.3. The number of fused-ring (bicyclic) bond motifs is 1. The predicted octanol–water partition coefficient (Wildman–Crippen LogP) is 3.43. The van der Waals surface area contributed by atoms with Crippen molar-refractivity contribution in [2.75, 3.05) is 17.2 Å². The van der Waals surface area contributed by atoms with E-state index < -0.39 is 0 Å². The van der Waals surface area contributed by atoms with E-state index in [0.29, 0.717) is 17.8 Å². The Hall–Kier alpha value is -1.62. The van der Waals surface area contributed by atoms with Crippen molar-refractivity contribution in [3.05, 3.63) is 33.3 Å². The molecule has 1 fully saturated rings. The normalized spacial score (nSPS) is 21.4. The Labute approximate surface area is 129 Å². The number of hydrogen-bond donors (Lipinski definition) is 1. The summed E-state index contributed by atoms with van der Waals surface area (Å²) < 4.78 is 0. The summed E-state index contributed by atoms with van der Waals surface area (Å²) in [7, 11) is 0. The van der Waals surface area contributed by atoms with Gasteiger partial charge >= 0.3 is 0 Å². The fraction of sp³-hybridized carbons (Fsp3) is 0.500. The van der Waals surface area contributed by atoms with Crippen molar-refractivity contribution in [3.63, 3.8) is 0 Å². The van der Waals surface area contributed by atoms with Crippen LogP contribution < -0.4 is 10.6 Å². The summed E-state index contributed by atoms with van der Waals surface area (Å²) in [6.07, 6.45) is 3.50. The van der Waals surface area contributed by atoms with Crippen LogP contribution in [0.5, 0.6) is 0 Å². The minimum atomic E-state index is 0.361. The van der Waals surface area contributed by atoms with Crippen LogP contribution in [-0.2, 0) is 6.42 Å². The molecule has 1 unspecified atom stereocenters. The zero-order valence-electron chi connectivity index (χ0n) is 12.5. The van der Waals surface area contributed by atoms with Crippen LogP contribution in [0.25, 0.3) is 0 Å². The van der Waals surface area contributed by atoms with Crippen LogP contribution in [0.1, 0.15) is 53.6 Å². The lowest BCUT2D eigenvalue weighted by Crippen LogP contribution is -2.34. The molecule has 1 atom stereocenters. The van der Waals surface area contributed by atoms with Crippen molar-refractivity contribution >= 4 is 23.0 Å². The molecule has 0 amide bonds. The number of thiophene rings is 1. The Kier molecular flexibility index (Phi) is 2.92. The van der Waals surface area contributed by atoms with Gasteiger partial charge in [0.25, 0.3) is 0 Å². The van der Waals surface area contributed by atoms with Crippen LogP contribution >= 0.6 is 11.3 Å². The maximum atomic E-state index is 6.14. The molecule has 4 nitrogen and oxygen atoms in total. The molecule has 1 aliphatic carbocycles. The van der Waals surface area contributed by atoms with E-state index >= 15 is 0 Å². The van der Waals surface area contributed by atoms with Gasteiger partial charge in [0, 0.05) is 22.9 Å². The maximum Gasteiger partial charge on any atom is 0.137 e. The molecule has 0 bridgehead atoms. The summed E-state index contributed by atoms with van der Waals surface area (Å²) in [5.41, 5.74) is 8.60. The standard InChI is InChI=1S/C16H20N4S/c1-9-14(17)18-15(11-3-4-11)19-16(9)20-7-5-13-12(10(20)2)6-8-21-13/h6,8,10-11H,3-5,7H2,1-2H3,(H2,17,18,19). The number of rotatable bonds is 2. The Balaban J connectivity index is 1.76. The van der Waals surface area contributed by atoms with Gasteiger partial charge in [0.1, 0.15) is 17.5 Å². The number of hydrogen-bond acceptors (Lipinski definition) is 5. The van der Waals surface area contributed by atoms with Crippen LogP contribution in [0.2, 0.25) is 0 Å². The highest BCUT2D eigenvalue weighted by Gasteiger charge is 2.31. The van der Waals surface area contributed by atoms with E-state index in [1.807, 2.05) is 18.3 Å². The van der Waals surface area contributed by atoms with Crippen LogP contribution in [-0.4, -0.2) is 16.5 Å². The number of nitrogens with zero attached hydrogens (tertiary/aromatic N) is 3. The summed E-state index contributed by atoms with van der Waals surface area (Å²) in [5.74, 6) is 3.15. The van der Waals surface area contributed by atoms with Gasteiger partial charge in [-0.25, -0.2) is 9.97 Å². The fourth-order valence-corrected chi connectivity index (χ4v) is 4.10. The van der Waals surface area contributed by atoms with E-state index in [2.05, 4.69) is 28.3 Å². The molecule has 0 radical (unpaired) electrons. The van der Waals surface area contributed by atoms with Gasteiger partial charge in [-0.1, -0.05) is 0 Å². The molecule has 1 aliphatic heterocycles. The fourth-order valence-electron chi connectivity index (χ4n) is 3.14. The van der Waals surface area contributed by atoms with Crippen molar-refractivity contribution in [2.24, 2.45) is 0 Å². The second kappa shape index (κ2) is 4.70. The van der Waals surface area contributed by atoms with E-state index in [9.17, 15) is 0 Å². The highest BCUT2D eigenvalue weighted by molar-refractivity contribution is 7.10. The molecule has 21 heavy (non-hydrogen) atoms. The third-order valence-corrected chi connectivity index (χ3v) is 5.66. The molecule has 110 valence electrons. The number of anilines is 2. The van der Waals surface area contributed by atoms with Crippen molar-refractivity contribution in [2.45, 2.75) is 45.1 Å². The van der Waals surface area contributed by atoms with Gasteiger partial charge in [0.15, 0.2) is 0 Å². The first-order valence-corrected chi connectivity index (χ1v) is 8.50. The Bertz CT molecular complexity index is 690. The van der Waals surface area contributed by atoms with E-state index in [4.69, 9.17) is 10.7 Å². The van der Waals surface area contributed by atoms with Crippen LogP contribution in [0.3, 0.4) is 0 Å². The lowest BCUT2D eigenvalue weighted by molar-refractivity contribution is 0.620. The lowest BCUT2D eigenvalue weighted by Gasteiger charge is -2.35. The van der Waals surface area contributed by atoms with Gasteiger partial charge in [-0.05, 0) is 50.1 Å². The van der Waals surface area contributed by atoms with Crippen molar-refractivity contribution in [3.8, 4) is 0 Å². The average Bonchev–Trinajstić information content (AvgIpc) is 3.20. The molecule has 0 spiro atoms. The summed E-state index contributed by atoms with van der Waals surface area (Å²) in [6.45, 7) is 5.31. The SMILES string of the molecule is Cc1c(N)nc(C2CC2)nc1N1CCc2sccc2C1C. The molecular weight excluding hydrogens is 280 g/mol. The van der Waals surface area contributed by atoms with Gasteiger partial charge in [-0.15, -0.1) is 11.3 Å². The van der Waals surface area contributed by atoms with E-state index in [-0.39, 0.29) is 0 Å². The van der Waals surface area contributed by atoms with Crippen LogP contribution in [0.15, 0.2) is 11.4 Å². The monoisotopic (exact) mass is 300 g/mol. The largest absolute Gasteiger partial charge is 0.383 e. The van der Waals surface area contributed by atoms with Crippen LogP contribution in [0.4, 0.5) is 11.6 Å². The Morgan fingerprint density at radius 3 is 2.90 bits per heavy atom. The molecular formula is C16H20N4S. The summed E-state index contributed by atoms with van der Waals surface area (Å²) in [4.78, 5) is 13.3. The third-order valence-electron chi connectivity index (χ3n) is 4.67. The van der Waals surface area contributed by atoms with Gasteiger partial charge in [-0.2, -0.15) is 0 Å². The quantitative estimate of drug-likeness (QED) is 0.923. The summed E-state index contributed by atoms with van der Waals surface area (Å²) in [6, 6.07) is 2.61. The number of nitrogen functional groups attached to an aromatic ring is 1.